The van der Waals surface area contributed by atoms with Gasteiger partial charge in [0.05, 0.1) is 0 Å². The van der Waals surface area contributed by atoms with Crippen molar-refractivity contribution in [1.82, 2.24) is 0 Å². The van der Waals surface area contributed by atoms with E-state index in [1.807, 2.05) is 0 Å². The van der Waals surface area contributed by atoms with Crippen LogP contribution in [0.5, 0.6) is 0 Å². The van der Waals surface area contributed by atoms with Gasteiger partial charge in [0.25, 0.3) is 0 Å². The van der Waals surface area contributed by atoms with Crippen molar-refractivity contribution < 1.29 is 0 Å². The molecule has 0 aliphatic rings. The summed E-state index contributed by atoms with van der Waals surface area (Å²) < 4.78 is 0. The first kappa shape index (κ1) is 20.4. The first-order valence-corrected chi connectivity index (χ1v) is 12.6. The number of hydrogen-bond acceptors (Lipinski definition) is 0. The molecule has 0 spiro atoms. The van der Waals surface area contributed by atoms with Crippen LogP contribution < -0.4 is 0 Å². The van der Waals surface area contributed by atoms with Crippen LogP contribution in [0.3, 0.4) is 0 Å². The van der Waals surface area contributed by atoms with E-state index in [0.717, 1.165) is 0 Å². The third kappa shape index (κ3) is 10.2. The van der Waals surface area contributed by atoms with Gasteiger partial charge in [0.15, 0.2) is 0 Å². The second kappa shape index (κ2) is 14.4. The van der Waals surface area contributed by atoms with Gasteiger partial charge in [0.2, 0.25) is 0 Å². The molecule has 0 aromatic carbocycles. The zero-order valence-corrected chi connectivity index (χ0v) is 16.1. The summed E-state index contributed by atoms with van der Waals surface area (Å²) in [5.74, 6) is 0. The Labute approximate surface area is 130 Å². The van der Waals surface area contributed by atoms with Gasteiger partial charge < -0.3 is 0 Å². The third-order valence-electron chi connectivity index (χ3n) is 4.90. The fraction of sp³-hybridized carbons (Fsp3) is 1.00. The Morgan fingerprint density at radius 3 is 1.20 bits per heavy atom. The molecule has 0 aromatic heterocycles. The fourth-order valence-electron chi connectivity index (χ4n) is 3.97. The van der Waals surface area contributed by atoms with E-state index in [9.17, 15) is 0 Å². The summed E-state index contributed by atoms with van der Waals surface area (Å²) in [5.41, 5.74) is 0. The van der Waals surface area contributed by atoms with Crippen molar-refractivity contribution in [3.05, 3.63) is 0 Å². The van der Waals surface area contributed by atoms with Crippen LogP contribution in [0.1, 0.15) is 98.3 Å². The van der Waals surface area contributed by atoms with Gasteiger partial charge in [-0.15, -0.1) is 0 Å². The number of unbranched alkanes of at least 4 members (excludes halogenated alkanes) is 7. The zero-order chi connectivity index (χ0) is 15.1. The minimum absolute atomic E-state index is 0.877. The van der Waals surface area contributed by atoms with Crippen LogP contribution in [0.15, 0.2) is 0 Å². The molecule has 0 saturated carbocycles. The monoisotopic (exact) mass is 302 g/mol. The summed E-state index contributed by atoms with van der Waals surface area (Å²) in [4.78, 5) is 0. The Balaban J connectivity index is 3.82. The zero-order valence-electron chi connectivity index (χ0n) is 15.1. The van der Waals surface area contributed by atoms with Gasteiger partial charge >= 0.3 is 130 Å². The molecule has 0 unspecified atom stereocenters. The van der Waals surface area contributed by atoms with Crippen LogP contribution in [-0.4, -0.2) is 24.6 Å². The quantitative estimate of drug-likeness (QED) is 0.223. The average molecular weight is 303 g/mol. The molecule has 0 aliphatic carbocycles. The molecule has 0 heterocycles. The van der Waals surface area contributed by atoms with E-state index in [-0.39, 0.29) is 0 Å². The molecule has 0 amide bonds. The summed E-state index contributed by atoms with van der Waals surface area (Å²) in [6.45, 7) is 9.52. The molecule has 0 aliphatic heterocycles. The molecular weight excluding hydrogens is 259 g/mol. The molecule has 124 valence electrons. The third-order valence-corrected chi connectivity index (χ3v) is 11.0. The van der Waals surface area contributed by atoms with Crippen LogP contribution in [0.25, 0.3) is 0 Å². The van der Waals surface area contributed by atoms with E-state index in [1.165, 1.54) is 64.2 Å². The molecule has 0 aromatic rings. The van der Waals surface area contributed by atoms with E-state index in [2.05, 4.69) is 27.7 Å². The number of hydrogen-bond donors (Lipinski definition) is 0. The van der Waals surface area contributed by atoms with E-state index < -0.39 is 7.26 Å². The maximum absolute atomic E-state index is 2.40. The fourth-order valence-corrected chi connectivity index (χ4v) is 9.66. The van der Waals surface area contributed by atoms with Crippen LogP contribution in [-0.2, 0) is 0 Å². The van der Waals surface area contributed by atoms with Gasteiger partial charge in [0, 0.05) is 0 Å². The normalized spacial score (nSPS) is 12.8. The van der Waals surface area contributed by atoms with E-state index in [1.54, 1.807) is 31.1 Å². The van der Waals surface area contributed by atoms with Gasteiger partial charge in [-0.1, -0.05) is 0 Å². The van der Waals surface area contributed by atoms with Gasteiger partial charge in [-0.05, 0) is 0 Å². The summed E-state index contributed by atoms with van der Waals surface area (Å²) in [6, 6.07) is 0. The van der Waals surface area contributed by atoms with Crippen molar-refractivity contribution >= 4 is 7.26 Å². The van der Waals surface area contributed by atoms with Crippen LogP contribution in [0, 0.1) is 0 Å². The topological polar surface area (TPSA) is 0 Å². The van der Waals surface area contributed by atoms with Gasteiger partial charge in [0.1, 0.15) is 0 Å². The molecule has 0 rings (SSSR count). The van der Waals surface area contributed by atoms with Gasteiger partial charge in [-0.25, -0.2) is 0 Å². The van der Waals surface area contributed by atoms with Crippen molar-refractivity contribution in [3.8, 4) is 0 Å². The van der Waals surface area contributed by atoms with Crippen LogP contribution in [0.2, 0.25) is 0 Å². The predicted molar refractivity (Wildman–Crippen MR) is 101 cm³/mol. The summed E-state index contributed by atoms with van der Waals surface area (Å²) >= 11 is 0. The first-order valence-electron chi connectivity index (χ1n) is 9.74. The second-order valence-corrected chi connectivity index (χ2v) is 12.0. The van der Waals surface area contributed by atoms with Crippen LogP contribution >= 0.6 is 7.26 Å². The standard InChI is InChI=1S/C19H43P/c1-5-9-10-11-12-13-14-15-19-20(16-6-2,17-7-3)18-8-4/h20H,5-19H2,1-4H3. The first-order chi connectivity index (χ1) is 9.74. The van der Waals surface area contributed by atoms with E-state index >= 15 is 0 Å². The van der Waals surface area contributed by atoms with Crippen molar-refractivity contribution in [2.45, 2.75) is 98.3 Å². The molecule has 0 bridgehead atoms. The predicted octanol–water partition coefficient (Wildman–Crippen LogP) is 7.11. The molecule has 0 fully saturated rings. The molecule has 0 nitrogen and oxygen atoms in total. The Hall–Kier alpha value is 0.430. The molecule has 0 radical (unpaired) electrons. The van der Waals surface area contributed by atoms with Crippen molar-refractivity contribution in [3.63, 3.8) is 0 Å². The van der Waals surface area contributed by atoms with E-state index in [4.69, 9.17) is 0 Å². The van der Waals surface area contributed by atoms with Gasteiger partial charge in [-0.2, -0.15) is 0 Å². The van der Waals surface area contributed by atoms with Gasteiger partial charge in [-0.3, -0.25) is 0 Å². The molecule has 20 heavy (non-hydrogen) atoms. The Morgan fingerprint density at radius 1 is 0.400 bits per heavy atom. The van der Waals surface area contributed by atoms with Crippen molar-refractivity contribution in [2.75, 3.05) is 24.6 Å². The molecule has 0 N–H and O–H groups in total. The van der Waals surface area contributed by atoms with Crippen molar-refractivity contribution in [1.29, 1.82) is 0 Å². The average Bonchev–Trinajstić information content (AvgIpc) is 2.43. The Bertz CT molecular complexity index is 171. The SMILES string of the molecule is CCCCCCCCCC[PH](CCC)(CCC)CCC. The number of rotatable bonds is 15. The molecule has 1 heteroatoms. The molecule has 0 saturated heterocycles. The Kier molecular flexibility index (Phi) is 14.7. The van der Waals surface area contributed by atoms with Crippen LogP contribution in [0.4, 0.5) is 0 Å². The summed E-state index contributed by atoms with van der Waals surface area (Å²) in [6.07, 6.45) is 22.6. The second-order valence-electron chi connectivity index (χ2n) is 6.97. The Morgan fingerprint density at radius 2 is 0.800 bits per heavy atom. The van der Waals surface area contributed by atoms with E-state index in [0.29, 0.717) is 0 Å². The molecular formula is C19H43P. The summed E-state index contributed by atoms with van der Waals surface area (Å²) in [7, 11) is -0.877. The van der Waals surface area contributed by atoms with Crippen molar-refractivity contribution in [2.24, 2.45) is 0 Å². The molecule has 0 atom stereocenters. The summed E-state index contributed by atoms with van der Waals surface area (Å²) in [5, 5.41) is 0. The minimum atomic E-state index is -0.877. The maximum atomic E-state index is 2.40.